The van der Waals surface area contributed by atoms with Gasteiger partial charge in [0.05, 0.1) is 0 Å². The number of nitrogens with one attached hydrogen (secondary N) is 1. The van der Waals surface area contributed by atoms with E-state index in [0.717, 1.165) is 11.3 Å². The largest absolute Gasteiger partial charge is 0.313 e. The van der Waals surface area contributed by atoms with Crippen molar-refractivity contribution in [3.8, 4) is 0 Å². The van der Waals surface area contributed by atoms with Crippen LogP contribution in [-0.4, -0.2) is 48.1 Å². The molecule has 1 aliphatic carbocycles. The van der Waals surface area contributed by atoms with E-state index in [4.69, 9.17) is 0 Å². The van der Waals surface area contributed by atoms with Crippen molar-refractivity contribution in [3.63, 3.8) is 0 Å². The molecule has 0 aromatic carbocycles. The first-order valence-electron chi connectivity index (χ1n) is 7.42. The third-order valence-corrected chi connectivity index (χ3v) is 5.18. The van der Waals surface area contributed by atoms with Gasteiger partial charge in [-0.1, -0.05) is 32.6 Å². The first-order chi connectivity index (χ1) is 8.34. The van der Waals surface area contributed by atoms with Gasteiger partial charge in [-0.05, 0) is 12.8 Å². The molecule has 1 unspecified atom stereocenters. The Kier molecular flexibility index (Phi) is 6.16. The van der Waals surface area contributed by atoms with E-state index in [2.05, 4.69) is 28.9 Å². The monoisotopic (exact) mass is 256 g/mol. The van der Waals surface area contributed by atoms with Crippen LogP contribution in [0.25, 0.3) is 0 Å². The Hall–Kier alpha value is 0.270. The minimum absolute atomic E-state index is 0.814. The van der Waals surface area contributed by atoms with Gasteiger partial charge in [0.15, 0.2) is 0 Å². The summed E-state index contributed by atoms with van der Waals surface area (Å²) in [7, 11) is 0. The molecule has 0 radical (unpaired) electrons. The molecule has 2 rings (SSSR count). The minimum Gasteiger partial charge on any atom is -0.313 e. The van der Waals surface area contributed by atoms with E-state index in [1.807, 2.05) is 0 Å². The second-order valence-electron chi connectivity index (χ2n) is 5.62. The summed E-state index contributed by atoms with van der Waals surface area (Å²) in [4.78, 5) is 2.63. The van der Waals surface area contributed by atoms with E-state index < -0.39 is 0 Å². The van der Waals surface area contributed by atoms with Gasteiger partial charge in [-0.15, -0.1) is 0 Å². The fourth-order valence-electron chi connectivity index (χ4n) is 3.00. The predicted molar refractivity (Wildman–Crippen MR) is 77.9 cm³/mol. The van der Waals surface area contributed by atoms with Crippen molar-refractivity contribution < 1.29 is 0 Å². The first kappa shape index (κ1) is 13.7. The molecule has 100 valence electrons. The molecule has 0 aromatic rings. The molecular formula is C14H28N2S. The van der Waals surface area contributed by atoms with Crippen LogP contribution < -0.4 is 5.32 Å². The zero-order chi connectivity index (χ0) is 11.9. The molecule has 1 saturated carbocycles. The molecular weight excluding hydrogens is 228 g/mol. The number of hydrogen-bond acceptors (Lipinski definition) is 3. The maximum atomic E-state index is 3.78. The lowest BCUT2D eigenvalue weighted by Crippen LogP contribution is -2.42. The highest BCUT2D eigenvalue weighted by Crippen LogP contribution is 2.18. The van der Waals surface area contributed by atoms with Crippen LogP contribution >= 0.6 is 11.8 Å². The van der Waals surface area contributed by atoms with Crippen LogP contribution in [-0.2, 0) is 0 Å². The Morgan fingerprint density at radius 3 is 2.65 bits per heavy atom. The van der Waals surface area contributed by atoms with Crippen molar-refractivity contribution >= 4 is 11.8 Å². The highest BCUT2D eigenvalue weighted by atomic mass is 32.2. The van der Waals surface area contributed by atoms with Crippen molar-refractivity contribution in [2.75, 3.05) is 31.9 Å². The lowest BCUT2D eigenvalue weighted by atomic mass is 10.1. The van der Waals surface area contributed by atoms with Crippen LogP contribution in [0.1, 0.15) is 45.4 Å². The molecule has 17 heavy (non-hydrogen) atoms. The van der Waals surface area contributed by atoms with Gasteiger partial charge in [0, 0.05) is 43.2 Å². The molecule has 1 saturated heterocycles. The van der Waals surface area contributed by atoms with Crippen molar-refractivity contribution in [1.82, 2.24) is 10.2 Å². The molecule has 3 heteroatoms. The highest BCUT2D eigenvalue weighted by molar-refractivity contribution is 7.99. The SMILES string of the molecule is CC1CN(CCNC2CCCCCC2)CCS1. The van der Waals surface area contributed by atoms with Crippen LogP contribution in [0.2, 0.25) is 0 Å². The Morgan fingerprint density at radius 2 is 1.94 bits per heavy atom. The van der Waals surface area contributed by atoms with Crippen LogP contribution in [0.5, 0.6) is 0 Å². The van der Waals surface area contributed by atoms with Crippen LogP contribution in [0, 0.1) is 0 Å². The summed E-state index contributed by atoms with van der Waals surface area (Å²) >= 11 is 2.12. The van der Waals surface area contributed by atoms with Gasteiger partial charge in [0.2, 0.25) is 0 Å². The number of rotatable bonds is 4. The number of nitrogens with zero attached hydrogens (tertiary/aromatic N) is 1. The van der Waals surface area contributed by atoms with E-state index in [-0.39, 0.29) is 0 Å². The molecule has 2 fully saturated rings. The smallest absolute Gasteiger partial charge is 0.0147 e. The minimum atomic E-state index is 0.814. The molecule has 1 atom stereocenters. The van der Waals surface area contributed by atoms with Gasteiger partial charge < -0.3 is 10.2 Å². The zero-order valence-electron chi connectivity index (χ0n) is 11.3. The standard InChI is InChI=1S/C14H28N2S/c1-13-12-16(10-11-17-13)9-8-15-14-6-4-2-3-5-7-14/h13-15H,2-12H2,1H3. The molecule has 0 aromatic heterocycles. The summed E-state index contributed by atoms with van der Waals surface area (Å²) in [5.74, 6) is 1.32. The van der Waals surface area contributed by atoms with E-state index in [0.29, 0.717) is 0 Å². The van der Waals surface area contributed by atoms with Crippen molar-refractivity contribution in [1.29, 1.82) is 0 Å². The Balaban J connectivity index is 1.58. The van der Waals surface area contributed by atoms with Gasteiger partial charge in [0.1, 0.15) is 0 Å². The topological polar surface area (TPSA) is 15.3 Å². The molecule has 0 bridgehead atoms. The summed E-state index contributed by atoms with van der Waals surface area (Å²) in [6, 6.07) is 0.814. The average Bonchev–Trinajstić information content (AvgIpc) is 2.58. The second-order valence-corrected chi connectivity index (χ2v) is 7.17. The third-order valence-electron chi connectivity index (χ3n) is 4.04. The normalized spacial score (nSPS) is 29.1. The molecule has 1 heterocycles. The van der Waals surface area contributed by atoms with Crippen molar-refractivity contribution in [3.05, 3.63) is 0 Å². The maximum absolute atomic E-state index is 3.78. The lowest BCUT2D eigenvalue weighted by molar-refractivity contribution is 0.278. The van der Waals surface area contributed by atoms with Crippen molar-refractivity contribution in [2.24, 2.45) is 0 Å². The van der Waals surface area contributed by atoms with Gasteiger partial charge in [0.25, 0.3) is 0 Å². The average molecular weight is 256 g/mol. The fraction of sp³-hybridized carbons (Fsp3) is 1.00. The Morgan fingerprint density at radius 1 is 1.18 bits per heavy atom. The maximum Gasteiger partial charge on any atom is 0.0147 e. The van der Waals surface area contributed by atoms with Crippen LogP contribution in [0.4, 0.5) is 0 Å². The van der Waals surface area contributed by atoms with E-state index in [1.54, 1.807) is 0 Å². The predicted octanol–water partition coefficient (Wildman–Crippen LogP) is 2.74. The van der Waals surface area contributed by atoms with Crippen LogP contribution in [0.3, 0.4) is 0 Å². The Bertz CT molecular complexity index is 200. The van der Waals surface area contributed by atoms with Gasteiger partial charge in [-0.25, -0.2) is 0 Å². The zero-order valence-corrected chi connectivity index (χ0v) is 12.1. The van der Waals surface area contributed by atoms with E-state index >= 15 is 0 Å². The lowest BCUT2D eigenvalue weighted by Gasteiger charge is -2.31. The fourth-order valence-corrected chi connectivity index (χ4v) is 4.09. The van der Waals surface area contributed by atoms with E-state index in [9.17, 15) is 0 Å². The summed E-state index contributed by atoms with van der Waals surface area (Å²) in [6.45, 7) is 7.39. The third kappa shape index (κ3) is 5.19. The second kappa shape index (κ2) is 7.65. The molecule has 0 spiro atoms. The summed E-state index contributed by atoms with van der Waals surface area (Å²) in [5, 5.41) is 4.61. The van der Waals surface area contributed by atoms with Gasteiger partial charge in [-0.3, -0.25) is 0 Å². The van der Waals surface area contributed by atoms with Crippen LogP contribution in [0.15, 0.2) is 0 Å². The summed E-state index contributed by atoms with van der Waals surface area (Å²) in [6.07, 6.45) is 8.61. The molecule has 0 amide bonds. The highest BCUT2D eigenvalue weighted by Gasteiger charge is 2.17. The molecule has 2 aliphatic rings. The quantitative estimate of drug-likeness (QED) is 0.779. The summed E-state index contributed by atoms with van der Waals surface area (Å²) < 4.78 is 0. The molecule has 2 nitrogen and oxygen atoms in total. The number of thioether (sulfide) groups is 1. The molecule has 1 aliphatic heterocycles. The molecule has 1 N–H and O–H groups in total. The Labute approximate surface area is 111 Å². The van der Waals surface area contributed by atoms with Crippen molar-refractivity contribution in [2.45, 2.75) is 56.7 Å². The number of hydrogen-bond donors (Lipinski definition) is 1. The summed E-state index contributed by atoms with van der Waals surface area (Å²) in [5.41, 5.74) is 0. The van der Waals surface area contributed by atoms with Gasteiger partial charge in [-0.2, -0.15) is 11.8 Å². The van der Waals surface area contributed by atoms with E-state index in [1.165, 1.54) is 70.5 Å². The van der Waals surface area contributed by atoms with Gasteiger partial charge >= 0.3 is 0 Å². The first-order valence-corrected chi connectivity index (χ1v) is 8.47.